The minimum absolute atomic E-state index is 0.0211. The van der Waals surface area contributed by atoms with Crippen LogP contribution in [0.3, 0.4) is 0 Å². The summed E-state index contributed by atoms with van der Waals surface area (Å²) in [5, 5.41) is 16.3. The monoisotopic (exact) mass is 554 g/mol. The lowest BCUT2D eigenvalue weighted by atomic mass is 9.87. The molecule has 8 rings (SSSR count). The fourth-order valence-corrected chi connectivity index (χ4v) is 7.79. The van der Waals surface area contributed by atoms with Crippen LogP contribution in [0.1, 0.15) is 44.9 Å². The van der Waals surface area contributed by atoms with E-state index in [-0.39, 0.29) is 28.5 Å². The number of hydrogen-bond donors (Lipinski definition) is 2. The minimum atomic E-state index is -0.525. The molecular formula is C32H35FN6O2. The molecule has 0 spiro atoms. The zero-order valence-electron chi connectivity index (χ0n) is 23.2. The Balaban J connectivity index is 1.24. The van der Waals surface area contributed by atoms with Gasteiger partial charge in [-0.25, -0.2) is 4.39 Å². The quantitative estimate of drug-likeness (QED) is 0.356. The highest BCUT2D eigenvalue weighted by molar-refractivity contribution is 5.99. The van der Waals surface area contributed by atoms with Crippen LogP contribution in [0.2, 0.25) is 0 Å². The number of piperidine rings is 1. The van der Waals surface area contributed by atoms with Gasteiger partial charge in [0.05, 0.1) is 10.9 Å². The number of ether oxygens (including phenoxy) is 1. The second-order valence-electron chi connectivity index (χ2n) is 12.3. The van der Waals surface area contributed by atoms with Crippen LogP contribution >= 0.6 is 0 Å². The zero-order chi connectivity index (χ0) is 27.6. The first-order chi connectivity index (χ1) is 20.1. The van der Waals surface area contributed by atoms with Gasteiger partial charge in [0, 0.05) is 36.9 Å². The van der Waals surface area contributed by atoms with Gasteiger partial charge in [-0.2, -0.15) is 9.97 Å². The number of benzene rings is 2. The molecule has 0 aliphatic carbocycles. The maximum absolute atomic E-state index is 16.6. The van der Waals surface area contributed by atoms with Gasteiger partial charge in [-0.1, -0.05) is 30.7 Å². The number of nitrogens with zero attached hydrogens (tertiary/aromatic N) is 5. The van der Waals surface area contributed by atoms with Gasteiger partial charge in [-0.15, -0.1) is 0 Å². The van der Waals surface area contributed by atoms with E-state index in [1.807, 2.05) is 24.3 Å². The average molecular weight is 555 g/mol. The topological polar surface area (TPSA) is 86.6 Å². The fraction of sp³-hybridized carbons (Fsp3) is 0.469. The second kappa shape index (κ2) is 9.77. The first-order valence-electron chi connectivity index (χ1n) is 15.0. The number of aromatic hydroxyl groups is 1. The van der Waals surface area contributed by atoms with Crippen LogP contribution in [-0.4, -0.2) is 75.4 Å². The molecule has 2 aromatic heterocycles. The Morgan fingerprint density at radius 1 is 1.00 bits per heavy atom. The van der Waals surface area contributed by atoms with Gasteiger partial charge < -0.3 is 20.1 Å². The molecule has 0 amide bonds. The van der Waals surface area contributed by atoms with Gasteiger partial charge in [0.1, 0.15) is 29.4 Å². The Kier molecular flexibility index (Phi) is 6.00. The number of piperazine rings is 1. The smallest absolute Gasteiger partial charge is 0.319 e. The van der Waals surface area contributed by atoms with Crippen molar-refractivity contribution < 1.29 is 14.2 Å². The van der Waals surface area contributed by atoms with Crippen molar-refractivity contribution in [1.29, 1.82) is 0 Å². The van der Waals surface area contributed by atoms with Crippen molar-refractivity contribution in [2.75, 3.05) is 37.7 Å². The fourth-order valence-electron chi connectivity index (χ4n) is 7.79. The highest BCUT2D eigenvalue weighted by atomic mass is 19.1. The summed E-state index contributed by atoms with van der Waals surface area (Å²) in [6.45, 7) is 4.35. The van der Waals surface area contributed by atoms with E-state index >= 15 is 4.39 Å². The number of rotatable bonds is 5. The Labute approximate surface area is 238 Å². The molecule has 2 bridgehead atoms. The van der Waals surface area contributed by atoms with Crippen LogP contribution in [0.4, 0.5) is 10.2 Å². The Bertz CT molecular complexity index is 1640. The van der Waals surface area contributed by atoms with Crippen LogP contribution in [0.25, 0.3) is 32.9 Å². The standard InChI is InChI=1S/C32H35FN6O2/c33-27-28(25-15-23(40)14-20-6-1-2-7-24(20)25)34-16-26-29(27)36-31(37-30(26)38-17-21-8-9-22(18-38)35-21)41-19-32-10-3-4-12-39(32)13-5-11-32/h1-2,6-7,14-16,21-22,35,40H,3-5,8-13,17-19H2. The molecule has 4 aliphatic heterocycles. The molecule has 3 unspecified atom stereocenters. The Hall–Kier alpha value is -3.56. The van der Waals surface area contributed by atoms with E-state index in [9.17, 15) is 5.11 Å². The lowest BCUT2D eigenvalue weighted by Crippen LogP contribution is -2.52. The highest BCUT2D eigenvalue weighted by Crippen LogP contribution is 2.40. The van der Waals surface area contributed by atoms with Crippen LogP contribution in [0.5, 0.6) is 11.8 Å². The molecular weight excluding hydrogens is 519 g/mol. The predicted molar refractivity (Wildman–Crippen MR) is 157 cm³/mol. The number of halogens is 1. The second-order valence-corrected chi connectivity index (χ2v) is 12.3. The molecule has 6 heterocycles. The average Bonchev–Trinajstić information content (AvgIpc) is 3.58. The van der Waals surface area contributed by atoms with Gasteiger partial charge in [-0.3, -0.25) is 9.88 Å². The van der Waals surface area contributed by atoms with Crippen molar-refractivity contribution >= 4 is 27.5 Å². The van der Waals surface area contributed by atoms with E-state index < -0.39 is 5.82 Å². The van der Waals surface area contributed by atoms with Crippen LogP contribution in [-0.2, 0) is 0 Å². The lowest BCUT2D eigenvalue weighted by Gasteiger charge is -2.41. The van der Waals surface area contributed by atoms with E-state index in [0.717, 1.165) is 62.6 Å². The molecule has 4 aromatic rings. The molecule has 8 nitrogen and oxygen atoms in total. The van der Waals surface area contributed by atoms with Crippen LogP contribution in [0.15, 0.2) is 42.6 Å². The van der Waals surface area contributed by atoms with Crippen LogP contribution in [0, 0.1) is 5.82 Å². The lowest BCUT2D eigenvalue weighted by molar-refractivity contribution is 0.0388. The maximum Gasteiger partial charge on any atom is 0.319 e. The summed E-state index contributed by atoms with van der Waals surface area (Å²) in [7, 11) is 0. The van der Waals surface area contributed by atoms with E-state index in [2.05, 4.69) is 20.1 Å². The summed E-state index contributed by atoms with van der Waals surface area (Å²) in [6.07, 6.45) is 9.79. The van der Waals surface area contributed by atoms with Gasteiger partial charge in [-0.05, 0) is 74.5 Å². The number of pyridine rings is 1. The van der Waals surface area contributed by atoms with Crippen molar-refractivity contribution in [3.63, 3.8) is 0 Å². The third kappa shape index (κ3) is 4.28. The summed E-state index contributed by atoms with van der Waals surface area (Å²) in [6, 6.07) is 11.9. The molecule has 0 saturated carbocycles. The number of phenolic OH excluding ortho intramolecular Hbond substituents is 1. The number of fused-ring (bicyclic) bond motifs is 5. The first kappa shape index (κ1) is 25.2. The Morgan fingerprint density at radius 2 is 1.80 bits per heavy atom. The largest absolute Gasteiger partial charge is 0.508 e. The molecule has 4 fully saturated rings. The molecule has 2 N–H and O–H groups in total. The zero-order valence-corrected chi connectivity index (χ0v) is 23.2. The van der Waals surface area contributed by atoms with Gasteiger partial charge in [0.15, 0.2) is 5.82 Å². The van der Waals surface area contributed by atoms with E-state index in [0.29, 0.717) is 35.5 Å². The van der Waals surface area contributed by atoms with Gasteiger partial charge in [0.25, 0.3) is 0 Å². The molecule has 41 heavy (non-hydrogen) atoms. The summed E-state index contributed by atoms with van der Waals surface area (Å²) in [5.41, 5.74) is 0.921. The van der Waals surface area contributed by atoms with E-state index in [1.54, 1.807) is 18.3 Å². The predicted octanol–water partition coefficient (Wildman–Crippen LogP) is 5.03. The van der Waals surface area contributed by atoms with Crippen molar-refractivity contribution in [2.45, 2.75) is 62.6 Å². The SMILES string of the molecule is Oc1cc(-c2ncc3c(N4CC5CCC(C4)N5)nc(OCC45CCCCN4CCC5)nc3c2F)c2ccccc2c1. The van der Waals surface area contributed by atoms with Crippen molar-refractivity contribution in [1.82, 2.24) is 25.2 Å². The normalized spacial score (nSPS) is 26.1. The Morgan fingerprint density at radius 3 is 2.68 bits per heavy atom. The van der Waals surface area contributed by atoms with E-state index in [1.165, 1.54) is 19.3 Å². The van der Waals surface area contributed by atoms with Gasteiger partial charge in [0.2, 0.25) is 0 Å². The molecule has 212 valence electrons. The summed E-state index contributed by atoms with van der Waals surface area (Å²) in [4.78, 5) is 19.1. The third-order valence-electron chi connectivity index (χ3n) is 9.79. The minimum Gasteiger partial charge on any atom is -0.508 e. The summed E-state index contributed by atoms with van der Waals surface area (Å²) >= 11 is 0. The number of hydrogen-bond acceptors (Lipinski definition) is 8. The van der Waals surface area contributed by atoms with Crippen molar-refractivity contribution in [3.05, 3.63) is 48.4 Å². The molecule has 0 radical (unpaired) electrons. The maximum atomic E-state index is 16.6. The van der Waals surface area contributed by atoms with Crippen molar-refractivity contribution in [3.8, 4) is 23.0 Å². The molecule has 3 atom stereocenters. The summed E-state index contributed by atoms with van der Waals surface area (Å²) in [5.74, 6) is 0.228. The first-order valence-corrected chi connectivity index (χ1v) is 15.0. The molecule has 2 aromatic carbocycles. The van der Waals surface area contributed by atoms with E-state index in [4.69, 9.17) is 14.7 Å². The third-order valence-corrected chi connectivity index (χ3v) is 9.79. The number of nitrogens with one attached hydrogen (secondary N) is 1. The highest BCUT2D eigenvalue weighted by Gasteiger charge is 2.43. The van der Waals surface area contributed by atoms with Crippen molar-refractivity contribution in [2.24, 2.45) is 0 Å². The molecule has 4 aliphatic rings. The number of anilines is 1. The molecule has 4 saturated heterocycles. The number of aromatic nitrogens is 3. The molecule has 9 heteroatoms. The number of phenols is 1. The van der Waals surface area contributed by atoms with Crippen LogP contribution < -0.4 is 15.0 Å². The van der Waals surface area contributed by atoms with Gasteiger partial charge >= 0.3 is 6.01 Å². The summed E-state index contributed by atoms with van der Waals surface area (Å²) < 4.78 is 23.0.